The molecule has 0 fully saturated rings. The van der Waals surface area contributed by atoms with Gasteiger partial charge in [-0.2, -0.15) is 0 Å². The summed E-state index contributed by atoms with van der Waals surface area (Å²) < 4.78 is 15.9. The average molecular weight is 399 g/mol. The number of hydrogen-bond donors (Lipinski definition) is 2. The van der Waals surface area contributed by atoms with Crippen LogP contribution in [0.1, 0.15) is 18.1 Å². The van der Waals surface area contributed by atoms with Gasteiger partial charge in [-0.1, -0.05) is 23.4 Å². The second-order valence-corrected chi connectivity index (χ2v) is 6.17. The van der Waals surface area contributed by atoms with Gasteiger partial charge in [0.1, 0.15) is 5.75 Å². The smallest absolute Gasteiger partial charge is 0.279 e. The molecule has 0 atom stereocenters. The molecule has 0 saturated heterocycles. The summed E-state index contributed by atoms with van der Waals surface area (Å²) in [6, 6.07) is 12.7. The molecule has 3 rings (SSSR count). The number of nitrogens with one attached hydrogen (secondary N) is 2. The van der Waals surface area contributed by atoms with Crippen molar-refractivity contribution in [3.8, 4) is 17.2 Å². The molecule has 2 aromatic rings. The van der Waals surface area contributed by atoms with Crippen LogP contribution >= 0.6 is 0 Å². The molecule has 9 nitrogen and oxygen atoms in total. The van der Waals surface area contributed by atoms with E-state index in [1.165, 1.54) is 0 Å². The second kappa shape index (κ2) is 9.45. The third-order valence-electron chi connectivity index (χ3n) is 3.98. The molecule has 152 valence electrons. The number of carbonyl (C=O) groups excluding carboxylic acids is 2. The Balaban J connectivity index is 1.37. The third kappa shape index (κ3) is 5.61. The molecule has 9 heteroatoms. The Bertz CT molecular complexity index is 928. The minimum absolute atomic E-state index is 0.188. The summed E-state index contributed by atoms with van der Waals surface area (Å²) in [5.41, 5.74) is 6.73. The van der Waals surface area contributed by atoms with Gasteiger partial charge in [0.2, 0.25) is 6.79 Å². The Labute approximate surface area is 167 Å². The van der Waals surface area contributed by atoms with Crippen LogP contribution in [0.3, 0.4) is 0 Å². The van der Waals surface area contributed by atoms with Crippen LogP contribution in [0.25, 0.3) is 0 Å². The van der Waals surface area contributed by atoms with Crippen molar-refractivity contribution in [1.82, 2.24) is 10.9 Å². The van der Waals surface area contributed by atoms with Gasteiger partial charge in [-0.15, -0.1) is 0 Å². The summed E-state index contributed by atoms with van der Waals surface area (Å²) in [6.45, 7) is 3.21. The second-order valence-electron chi connectivity index (χ2n) is 6.17. The first-order valence-electron chi connectivity index (χ1n) is 8.85. The molecule has 2 aromatic carbocycles. The number of oxime groups is 1. The fourth-order valence-corrected chi connectivity index (χ4v) is 2.44. The van der Waals surface area contributed by atoms with Crippen molar-refractivity contribution < 1.29 is 28.6 Å². The number of benzene rings is 2. The Morgan fingerprint density at radius 2 is 1.76 bits per heavy atom. The minimum Gasteiger partial charge on any atom is -0.483 e. The van der Waals surface area contributed by atoms with Crippen LogP contribution in [-0.4, -0.2) is 37.5 Å². The first kappa shape index (κ1) is 20.0. The van der Waals surface area contributed by atoms with Gasteiger partial charge >= 0.3 is 0 Å². The van der Waals surface area contributed by atoms with Gasteiger partial charge in [0, 0.05) is 5.56 Å². The molecule has 1 aliphatic rings. The predicted molar refractivity (Wildman–Crippen MR) is 104 cm³/mol. The van der Waals surface area contributed by atoms with E-state index >= 15 is 0 Å². The van der Waals surface area contributed by atoms with E-state index < -0.39 is 11.8 Å². The van der Waals surface area contributed by atoms with Crippen LogP contribution in [0.5, 0.6) is 17.2 Å². The molecule has 1 aliphatic heterocycles. The first-order valence-corrected chi connectivity index (χ1v) is 8.85. The van der Waals surface area contributed by atoms with Crippen molar-refractivity contribution in [2.75, 3.05) is 20.0 Å². The number of fused-ring (bicyclic) bond motifs is 1. The van der Waals surface area contributed by atoms with Gasteiger partial charge in [0.05, 0.1) is 5.71 Å². The van der Waals surface area contributed by atoms with Crippen LogP contribution < -0.4 is 25.1 Å². The van der Waals surface area contributed by atoms with Crippen molar-refractivity contribution in [2.24, 2.45) is 5.16 Å². The molecule has 0 saturated carbocycles. The van der Waals surface area contributed by atoms with E-state index in [9.17, 15) is 9.59 Å². The molecule has 0 aromatic heterocycles. The number of nitrogens with zero attached hydrogens (tertiary/aromatic N) is 1. The Morgan fingerprint density at radius 3 is 2.55 bits per heavy atom. The number of amides is 2. The first-order chi connectivity index (χ1) is 14.0. The van der Waals surface area contributed by atoms with Crippen LogP contribution in [0.2, 0.25) is 0 Å². The summed E-state index contributed by atoms with van der Waals surface area (Å²) >= 11 is 0. The molecule has 2 amide bonds. The largest absolute Gasteiger partial charge is 0.483 e. The van der Waals surface area contributed by atoms with Gasteiger partial charge in [0.25, 0.3) is 11.8 Å². The van der Waals surface area contributed by atoms with E-state index in [-0.39, 0.29) is 20.0 Å². The molecule has 0 unspecified atom stereocenters. The van der Waals surface area contributed by atoms with Crippen molar-refractivity contribution in [2.45, 2.75) is 13.8 Å². The van der Waals surface area contributed by atoms with Gasteiger partial charge in [-0.25, -0.2) is 0 Å². The molecule has 0 aliphatic carbocycles. The van der Waals surface area contributed by atoms with E-state index in [1.807, 2.05) is 31.2 Å². The summed E-state index contributed by atoms with van der Waals surface area (Å²) in [5, 5.41) is 3.89. The lowest BCUT2D eigenvalue weighted by Crippen LogP contribution is -2.45. The highest BCUT2D eigenvalue weighted by Crippen LogP contribution is 2.32. The maximum Gasteiger partial charge on any atom is 0.279 e. The van der Waals surface area contributed by atoms with E-state index in [0.29, 0.717) is 23.0 Å². The highest BCUT2D eigenvalue weighted by molar-refractivity contribution is 5.99. The molecule has 1 heterocycles. The summed E-state index contributed by atoms with van der Waals surface area (Å²) in [4.78, 5) is 28.5. The van der Waals surface area contributed by atoms with Crippen LogP contribution in [0.4, 0.5) is 0 Å². The molecule has 0 spiro atoms. The standard InChI is InChI=1S/C20H21N3O6/c1-13-5-3-4-6-16(13)26-10-19(24)21-22-20(25)11-29-23-14(2)15-7-8-17-18(9-15)28-12-27-17/h3-9H,10-12H2,1-2H3,(H,21,24)(H,22,25)/b23-14-. The number of hydrogen-bond acceptors (Lipinski definition) is 7. The van der Waals surface area contributed by atoms with Crippen LogP contribution in [-0.2, 0) is 14.4 Å². The lowest BCUT2D eigenvalue weighted by molar-refractivity contribution is -0.132. The van der Waals surface area contributed by atoms with Crippen molar-refractivity contribution >= 4 is 17.5 Å². The summed E-state index contributed by atoms with van der Waals surface area (Å²) in [7, 11) is 0. The number of rotatable bonds is 7. The SMILES string of the molecule is C/C(=N/OCC(=O)NNC(=O)COc1ccccc1C)c1ccc2c(c1)OCO2. The van der Waals surface area contributed by atoms with Crippen LogP contribution in [0, 0.1) is 6.92 Å². The lowest BCUT2D eigenvalue weighted by atomic mass is 10.1. The normalized spacial score (nSPS) is 12.3. The highest BCUT2D eigenvalue weighted by atomic mass is 16.7. The lowest BCUT2D eigenvalue weighted by Gasteiger charge is -2.10. The van der Waals surface area contributed by atoms with Gasteiger partial charge in [-0.3, -0.25) is 20.4 Å². The Hall–Kier alpha value is -3.75. The fourth-order valence-electron chi connectivity index (χ4n) is 2.44. The molecule has 2 N–H and O–H groups in total. The molecule has 0 radical (unpaired) electrons. The van der Waals surface area contributed by atoms with Crippen molar-refractivity contribution in [1.29, 1.82) is 0 Å². The predicted octanol–water partition coefficient (Wildman–Crippen LogP) is 1.69. The number of carbonyl (C=O) groups is 2. The Morgan fingerprint density at radius 1 is 1.03 bits per heavy atom. The molecule has 29 heavy (non-hydrogen) atoms. The molecular formula is C20H21N3O6. The number of para-hydroxylation sites is 1. The summed E-state index contributed by atoms with van der Waals surface area (Å²) in [6.07, 6.45) is 0. The van der Waals surface area contributed by atoms with Crippen molar-refractivity contribution in [3.05, 3.63) is 53.6 Å². The topological polar surface area (TPSA) is 107 Å². The van der Waals surface area contributed by atoms with E-state index in [0.717, 1.165) is 11.1 Å². The maximum absolute atomic E-state index is 11.8. The van der Waals surface area contributed by atoms with E-state index in [4.69, 9.17) is 19.0 Å². The summed E-state index contributed by atoms with van der Waals surface area (Å²) in [5.74, 6) is 0.846. The van der Waals surface area contributed by atoms with Gasteiger partial charge in [-0.05, 0) is 43.7 Å². The fraction of sp³-hybridized carbons (Fsp3) is 0.250. The van der Waals surface area contributed by atoms with Crippen LogP contribution in [0.15, 0.2) is 47.6 Å². The molecular weight excluding hydrogens is 378 g/mol. The van der Waals surface area contributed by atoms with E-state index in [1.54, 1.807) is 25.1 Å². The Kier molecular flexibility index (Phi) is 6.51. The maximum atomic E-state index is 11.8. The van der Waals surface area contributed by atoms with Gasteiger partial charge in [0.15, 0.2) is 24.7 Å². The van der Waals surface area contributed by atoms with Crippen molar-refractivity contribution in [3.63, 3.8) is 0 Å². The minimum atomic E-state index is -0.559. The average Bonchev–Trinajstić information content (AvgIpc) is 3.19. The quantitative estimate of drug-likeness (QED) is 0.542. The number of aryl methyl sites for hydroxylation is 1. The highest BCUT2D eigenvalue weighted by Gasteiger charge is 2.14. The van der Waals surface area contributed by atoms with Gasteiger partial charge < -0.3 is 19.0 Å². The number of hydrazine groups is 1. The monoisotopic (exact) mass is 399 g/mol. The zero-order valence-electron chi connectivity index (χ0n) is 16.1. The zero-order valence-corrected chi connectivity index (χ0v) is 16.1. The number of ether oxygens (including phenoxy) is 3. The molecule has 0 bridgehead atoms. The third-order valence-corrected chi connectivity index (χ3v) is 3.98. The zero-order chi connectivity index (χ0) is 20.6. The van der Waals surface area contributed by atoms with E-state index in [2.05, 4.69) is 16.0 Å².